The van der Waals surface area contributed by atoms with Gasteiger partial charge in [-0.1, -0.05) is 18.9 Å². The molecule has 21 heavy (non-hydrogen) atoms. The van der Waals surface area contributed by atoms with Crippen molar-refractivity contribution < 1.29 is 13.2 Å². The predicted molar refractivity (Wildman–Crippen MR) is 82.8 cm³/mol. The van der Waals surface area contributed by atoms with Crippen molar-refractivity contribution >= 4 is 28.3 Å². The first kappa shape index (κ1) is 17.9. The number of amides is 1. The summed E-state index contributed by atoms with van der Waals surface area (Å²) in [4.78, 5) is 11.2. The average molecular weight is 334 g/mol. The first-order chi connectivity index (χ1) is 9.38. The van der Waals surface area contributed by atoms with E-state index < -0.39 is 21.5 Å². The van der Waals surface area contributed by atoms with Crippen molar-refractivity contribution in [2.45, 2.75) is 36.1 Å². The summed E-state index contributed by atoms with van der Waals surface area (Å²) in [6, 6.07) is 5.70. The summed E-state index contributed by atoms with van der Waals surface area (Å²) in [5.74, 6) is -0.656. The van der Waals surface area contributed by atoms with E-state index in [9.17, 15) is 13.2 Å². The summed E-state index contributed by atoms with van der Waals surface area (Å²) in [6.07, 6.45) is 3.39. The van der Waals surface area contributed by atoms with E-state index in [2.05, 4.69) is 4.72 Å². The highest BCUT2D eigenvalue weighted by molar-refractivity contribution is 7.89. The van der Waals surface area contributed by atoms with Gasteiger partial charge >= 0.3 is 0 Å². The highest BCUT2D eigenvalue weighted by Crippen LogP contribution is 2.30. The lowest BCUT2D eigenvalue weighted by Crippen LogP contribution is -2.51. The molecule has 0 bridgehead atoms. The fourth-order valence-corrected chi connectivity index (χ4v) is 4.08. The first-order valence-electron chi connectivity index (χ1n) is 6.52. The molecular formula is C13H20ClN3O3S. The molecule has 0 aromatic heterocycles. The van der Waals surface area contributed by atoms with E-state index in [1.807, 2.05) is 0 Å². The minimum atomic E-state index is -3.71. The molecule has 0 unspecified atom stereocenters. The van der Waals surface area contributed by atoms with Crippen LogP contribution in [0.5, 0.6) is 0 Å². The molecular weight excluding hydrogens is 314 g/mol. The van der Waals surface area contributed by atoms with Gasteiger partial charge in [0.15, 0.2) is 0 Å². The molecule has 1 aliphatic rings. The number of carbonyl (C=O) groups is 1. The number of hydrogen-bond donors (Lipinski definition) is 3. The van der Waals surface area contributed by atoms with Crippen LogP contribution in [0.3, 0.4) is 0 Å². The summed E-state index contributed by atoms with van der Waals surface area (Å²) in [7, 11) is -3.71. The monoisotopic (exact) mass is 333 g/mol. The maximum absolute atomic E-state index is 12.4. The van der Waals surface area contributed by atoms with E-state index in [4.69, 9.17) is 11.5 Å². The van der Waals surface area contributed by atoms with Gasteiger partial charge in [0.1, 0.15) is 0 Å². The molecule has 0 heterocycles. The van der Waals surface area contributed by atoms with Crippen LogP contribution in [0.1, 0.15) is 36.0 Å². The first-order valence-corrected chi connectivity index (χ1v) is 8.01. The number of sulfonamides is 1. The third-order valence-corrected chi connectivity index (χ3v) is 5.31. The minimum absolute atomic E-state index is 0. The van der Waals surface area contributed by atoms with Gasteiger partial charge in [-0.25, -0.2) is 13.1 Å². The van der Waals surface area contributed by atoms with Gasteiger partial charge in [0, 0.05) is 17.6 Å². The minimum Gasteiger partial charge on any atom is -0.366 e. The number of halogens is 1. The third kappa shape index (κ3) is 3.94. The molecule has 2 rings (SSSR count). The highest BCUT2D eigenvalue weighted by Gasteiger charge is 2.36. The highest BCUT2D eigenvalue weighted by atomic mass is 35.5. The number of rotatable bonds is 5. The molecule has 0 spiro atoms. The zero-order chi connectivity index (χ0) is 14.8. The summed E-state index contributed by atoms with van der Waals surface area (Å²) in [6.45, 7) is 0.266. The Balaban J connectivity index is 0.00000220. The Kier molecular flexibility index (Phi) is 5.75. The molecule has 1 aromatic carbocycles. The zero-order valence-corrected chi connectivity index (χ0v) is 13.2. The quantitative estimate of drug-likeness (QED) is 0.737. The number of primary amides is 1. The standard InChI is InChI=1S/C13H19N3O3S.ClH/c14-9-13(6-1-2-7-13)16-20(18,19)11-5-3-4-10(8-11)12(15)17;/h3-5,8,16H,1-2,6-7,9,14H2,(H2,15,17);1H. The molecule has 0 radical (unpaired) electrons. The number of hydrogen-bond acceptors (Lipinski definition) is 4. The molecule has 1 saturated carbocycles. The van der Waals surface area contributed by atoms with Crippen LogP contribution in [0.4, 0.5) is 0 Å². The predicted octanol–water partition coefficient (Wildman–Crippen LogP) is 0.757. The summed E-state index contributed by atoms with van der Waals surface area (Å²) in [5.41, 5.74) is 10.5. The van der Waals surface area contributed by atoms with Crippen molar-refractivity contribution in [2.75, 3.05) is 6.54 Å². The third-order valence-electron chi connectivity index (χ3n) is 3.73. The SMILES string of the molecule is Cl.NCC1(NS(=O)(=O)c2cccc(C(N)=O)c2)CCCC1. The Hall–Kier alpha value is -1.15. The molecule has 1 fully saturated rings. The molecule has 0 atom stereocenters. The zero-order valence-electron chi connectivity index (χ0n) is 11.5. The van der Waals surface area contributed by atoms with Crippen LogP contribution in [0.25, 0.3) is 0 Å². The van der Waals surface area contributed by atoms with Gasteiger partial charge in [0.05, 0.1) is 4.90 Å². The van der Waals surface area contributed by atoms with E-state index >= 15 is 0 Å². The normalized spacial score (nSPS) is 17.2. The van der Waals surface area contributed by atoms with Crippen LogP contribution < -0.4 is 16.2 Å². The molecule has 1 aliphatic carbocycles. The molecule has 5 N–H and O–H groups in total. The van der Waals surface area contributed by atoms with Gasteiger partial charge in [-0.15, -0.1) is 12.4 Å². The maximum Gasteiger partial charge on any atom is 0.248 e. The van der Waals surface area contributed by atoms with Crippen molar-refractivity contribution in [3.63, 3.8) is 0 Å². The largest absolute Gasteiger partial charge is 0.366 e. The fourth-order valence-electron chi connectivity index (χ4n) is 2.56. The van der Waals surface area contributed by atoms with Gasteiger partial charge in [-0.05, 0) is 31.0 Å². The van der Waals surface area contributed by atoms with Crippen LogP contribution in [-0.4, -0.2) is 26.4 Å². The Labute approximate surface area is 130 Å². The van der Waals surface area contributed by atoms with Gasteiger partial charge in [-0.3, -0.25) is 4.79 Å². The van der Waals surface area contributed by atoms with E-state index in [0.717, 1.165) is 25.7 Å². The number of nitrogens with one attached hydrogen (secondary N) is 1. The van der Waals surface area contributed by atoms with Gasteiger partial charge < -0.3 is 11.5 Å². The van der Waals surface area contributed by atoms with Gasteiger partial charge in [0.25, 0.3) is 0 Å². The van der Waals surface area contributed by atoms with Crippen LogP contribution >= 0.6 is 12.4 Å². The lowest BCUT2D eigenvalue weighted by Gasteiger charge is -2.28. The molecule has 8 heteroatoms. The van der Waals surface area contributed by atoms with Crippen molar-refractivity contribution in [2.24, 2.45) is 11.5 Å². The average Bonchev–Trinajstić information content (AvgIpc) is 2.87. The number of benzene rings is 1. The lowest BCUT2D eigenvalue weighted by molar-refractivity contribution is 0.1000. The van der Waals surface area contributed by atoms with E-state index in [0.29, 0.717) is 0 Å². The Bertz CT molecular complexity index is 613. The molecule has 6 nitrogen and oxygen atoms in total. The smallest absolute Gasteiger partial charge is 0.248 e. The van der Waals surface area contributed by atoms with Crippen molar-refractivity contribution in [1.82, 2.24) is 4.72 Å². The Morgan fingerprint density at radius 2 is 1.90 bits per heavy atom. The summed E-state index contributed by atoms with van der Waals surface area (Å²) >= 11 is 0. The van der Waals surface area contributed by atoms with Crippen molar-refractivity contribution in [3.05, 3.63) is 29.8 Å². The van der Waals surface area contributed by atoms with Crippen LogP contribution in [0.2, 0.25) is 0 Å². The van der Waals surface area contributed by atoms with E-state index in [1.165, 1.54) is 24.3 Å². The van der Waals surface area contributed by atoms with Gasteiger partial charge in [0.2, 0.25) is 15.9 Å². The Morgan fingerprint density at radius 1 is 1.29 bits per heavy atom. The van der Waals surface area contributed by atoms with E-state index in [1.54, 1.807) is 0 Å². The van der Waals surface area contributed by atoms with Crippen molar-refractivity contribution in [1.29, 1.82) is 0 Å². The lowest BCUT2D eigenvalue weighted by atomic mass is 10.0. The number of carbonyl (C=O) groups excluding carboxylic acids is 1. The topological polar surface area (TPSA) is 115 Å². The van der Waals surface area contributed by atoms with E-state index in [-0.39, 0.29) is 29.4 Å². The molecule has 1 amide bonds. The second-order valence-electron chi connectivity index (χ2n) is 5.19. The number of nitrogens with two attached hydrogens (primary N) is 2. The molecule has 0 saturated heterocycles. The van der Waals surface area contributed by atoms with Crippen LogP contribution in [0, 0.1) is 0 Å². The van der Waals surface area contributed by atoms with Gasteiger partial charge in [-0.2, -0.15) is 0 Å². The van der Waals surface area contributed by atoms with Crippen LogP contribution in [-0.2, 0) is 10.0 Å². The maximum atomic E-state index is 12.4. The second-order valence-corrected chi connectivity index (χ2v) is 6.87. The fraction of sp³-hybridized carbons (Fsp3) is 0.462. The van der Waals surface area contributed by atoms with Crippen LogP contribution in [0.15, 0.2) is 29.2 Å². The molecule has 0 aliphatic heterocycles. The Morgan fingerprint density at radius 3 is 2.43 bits per heavy atom. The second kappa shape index (κ2) is 6.74. The van der Waals surface area contributed by atoms with Crippen molar-refractivity contribution in [3.8, 4) is 0 Å². The summed E-state index contributed by atoms with van der Waals surface area (Å²) < 4.78 is 27.5. The molecule has 118 valence electrons. The molecule has 1 aromatic rings. The summed E-state index contributed by atoms with van der Waals surface area (Å²) in [5, 5.41) is 0.